The molecule has 2 aromatic rings. The second kappa shape index (κ2) is 9.04. The summed E-state index contributed by atoms with van der Waals surface area (Å²) in [6.45, 7) is 6.14. The van der Waals surface area contributed by atoms with Crippen LogP contribution in [0, 0.1) is 20.8 Å². The third-order valence-corrected chi connectivity index (χ3v) is 5.64. The van der Waals surface area contributed by atoms with E-state index in [9.17, 15) is 19.5 Å². The van der Waals surface area contributed by atoms with Gasteiger partial charge in [-0.15, -0.1) is 0 Å². The zero-order valence-electron chi connectivity index (χ0n) is 19.2. The highest BCUT2D eigenvalue weighted by Gasteiger charge is 2.47. The number of hydrogen-bond donors (Lipinski definition) is 2. The van der Waals surface area contributed by atoms with Gasteiger partial charge in [-0.2, -0.15) is 0 Å². The Kier molecular flexibility index (Phi) is 6.59. The number of nitrogens with one attached hydrogen (secondary N) is 1. The van der Waals surface area contributed by atoms with Crippen LogP contribution in [0.5, 0.6) is 0 Å². The molecule has 1 saturated heterocycles. The average Bonchev–Trinajstić information content (AvgIpc) is 3.36. The molecule has 9 heteroatoms. The van der Waals surface area contributed by atoms with E-state index < -0.39 is 23.7 Å². The predicted molar refractivity (Wildman–Crippen MR) is 117 cm³/mol. The van der Waals surface area contributed by atoms with E-state index in [1.54, 1.807) is 32.9 Å². The highest BCUT2D eigenvalue weighted by Crippen LogP contribution is 2.41. The van der Waals surface area contributed by atoms with Crippen LogP contribution in [0.3, 0.4) is 0 Å². The number of hydrogen-bond acceptors (Lipinski definition) is 7. The first-order chi connectivity index (χ1) is 15.1. The minimum atomic E-state index is -0.860. The van der Waals surface area contributed by atoms with Gasteiger partial charge in [0.05, 0.1) is 12.7 Å². The highest BCUT2D eigenvalue weighted by molar-refractivity contribution is 6.46. The third-order valence-electron chi connectivity index (χ3n) is 5.64. The number of aromatic nitrogens is 1. The molecule has 1 fully saturated rings. The SMILES string of the molecule is COC(=O)c1[nH]c(C)c(C(O)=C2C(=O)C(=O)N(CCCN(C)C)[C@H]2c2ccc(C)o2)c1C. The Morgan fingerprint density at radius 2 is 1.94 bits per heavy atom. The first kappa shape index (κ1) is 23.3. The molecule has 2 N–H and O–H groups in total. The number of carbonyl (C=O) groups is 3. The number of aliphatic hydroxyl groups is 1. The summed E-state index contributed by atoms with van der Waals surface area (Å²) in [5.74, 6) is -1.40. The summed E-state index contributed by atoms with van der Waals surface area (Å²) in [7, 11) is 5.12. The van der Waals surface area contributed by atoms with Gasteiger partial charge in [-0.25, -0.2) is 4.79 Å². The average molecular weight is 444 g/mol. The summed E-state index contributed by atoms with van der Waals surface area (Å²) in [6, 6.07) is 2.59. The number of rotatable bonds is 7. The predicted octanol–water partition coefficient (Wildman–Crippen LogP) is 2.69. The molecule has 0 spiro atoms. The number of likely N-dealkylation sites (tertiary alicyclic amines) is 1. The summed E-state index contributed by atoms with van der Waals surface area (Å²) in [5.41, 5.74) is 1.33. The second-order valence-corrected chi connectivity index (χ2v) is 8.21. The van der Waals surface area contributed by atoms with E-state index in [1.165, 1.54) is 12.0 Å². The number of methoxy groups -OCH3 is 1. The number of aliphatic hydroxyl groups excluding tert-OH is 1. The molecule has 32 heavy (non-hydrogen) atoms. The fourth-order valence-corrected chi connectivity index (χ4v) is 4.11. The zero-order valence-corrected chi connectivity index (χ0v) is 19.2. The fraction of sp³-hybridized carbons (Fsp3) is 0.435. The van der Waals surface area contributed by atoms with E-state index >= 15 is 0 Å². The van der Waals surface area contributed by atoms with Crippen molar-refractivity contribution in [3.8, 4) is 0 Å². The van der Waals surface area contributed by atoms with Crippen LogP contribution in [0.25, 0.3) is 5.76 Å². The van der Waals surface area contributed by atoms with Gasteiger partial charge in [-0.1, -0.05) is 0 Å². The maximum absolute atomic E-state index is 13.1. The number of nitrogens with zero attached hydrogens (tertiary/aromatic N) is 2. The summed E-state index contributed by atoms with van der Waals surface area (Å²) in [4.78, 5) is 44.4. The number of esters is 1. The molecular formula is C23H29N3O6. The molecule has 3 heterocycles. The van der Waals surface area contributed by atoms with Crippen molar-refractivity contribution in [2.24, 2.45) is 0 Å². The Labute approximate surface area is 186 Å². The van der Waals surface area contributed by atoms with Gasteiger partial charge in [-0.05, 0) is 65.5 Å². The molecule has 0 aromatic carbocycles. The van der Waals surface area contributed by atoms with Crippen LogP contribution >= 0.6 is 0 Å². The summed E-state index contributed by atoms with van der Waals surface area (Å²) >= 11 is 0. The lowest BCUT2D eigenvalue weighted by atomic mass is 9.97. The van der Waals surface area contributed by atoms with Crippen molar-refractivity contribution in [2.45, 2.75) is 33.2 Å². The lowest BCUT2D eigenvalue weighted by Crippen LogP contribution is -2.32. The quantitative estimate of drug-likeness (QED) is 0.292. The Bertz CT molecular complexity index is 1090. The van der Waals surface area contributed by atoms with Gasteiger partial charge in [0.15, 0.2) is 0 Å². The number of ether oxygens (including phenoxy) is 1. The fourth-order valence-electron chi connectivity index (χ4n) is 4.11. The summed E-state index contributed by atoms with van der Waals surface area (Å²) < 4.78 is 10.6. The van der Waals surface area contributed by atoms with Gasteiger partial charge in [0.2, 0.25) is 0 Å². The molecule has 0 aliphatic carbocycles. The number of furan rings is 1. The van der Waals surface area contributed by atoms with Crippen molar-refractivity contribution in [2.75, 3.05) is 34.3 Å². The molecule has 0 unspecified atom stereocenters. The lowest BCUT2D eigenvalue weighted by molar-refractivity contribution is -0.140. The number of ketones is 1. The number of H-pyrrole nitrogens is 1. The maximum Gasteiger partial charge on any atom is 0.354 e. The Balaban J connectivity index is 2.15. The van der Waals surface area contributed by atoms with Gasteiger partial charge < -0.3 is 29.0 Å². The van der Waals surface area contributed by atoms with Crippen LogP contribution in [-0.4, -0.2) is 71.8 Å². The summed E-state index contributed by atoms with van der Waals surface area (Å²) in [6.07, 6.45) is 0.644. The van der Waals surface area contributed by atoms with Gasteiger partial charge >= 0.3 is 5.97 Å². The minimum absolute atomic E-state index is 0.0594. The molecular weight excluding hydrogens is 414 g/mol. The van der Waals surface area contributed by atoms with E-state index in [1.807, 2.05) is 19.0 Å². The minimum Gasteiger partial charge on any atom is -0.507 e. The van der Waals surface area contributed by atoms with Crippen molar-refractivity contribution in [1.29, 1.82) is 0 Å². The van der Waals surface area contributed by atoms with Crippen LogP contribution in [0.4, 0.5) is 0 Å². The van der Waals surface area contributed by atoms with Crippen LogP contribution in [0.15, 0.2) is 22.1 Å². The Morgan fingerprint density at radius 3 is 2.50 bits per heavy atom. The first-order valence-electron chi connectivity index (χ1n) is 10.4. The standard InChI is InChI=1S/C23H29N3O6/c1-12-8-9-15(32-12)19-17(21(28)22(29)26(19)11-7-10-25(4)5)20(27)16-13(2)18(23(30)31-6)24-14(16)3/h8-9,19,24,27H,7,10-11H2,1-6H3/t19-/m0/s1. The molecule has 0 bridgehead atoms. The van der Waals surface area contributed by atoms with Gasteiger partial charge in [0.25, 0.3) is 11.7 Å². The van der Waals surface area contributed by atoms with E-state index in [0.717, 1.165) is 6.54 Å². The molecule has 2 aromatic heterocycles. The topological polar surface area (TPSA) is 116 Å². The maximum atomic E-state index is 13.1. The van der Waals surface area contributed by atoms with Crippen molar-refractivity contribution in [1.82, 2.24) is 14.8 Å². The Hall–Kier alpha value is -3.33. The van der Waals surface area contributed by atoms with Gasteiger partial charge in [-0.3, -0.25) is 9.59 Å². The van der Waals surface area contributed by atoms with E-state index in [-0.39, 0.29) is 17.0 Å². The highest BCUT2D eigenvalue weighted by atomic mass is 16.5. The van der Waals surface area contributed by atoms with Crippen LogP contribution in [0.2, 0.25) is 0 Å². The van der Waals surface area contributed by atoms with Gasteiger partial charge in [0, 0.05) is 17.8 Å². The molecule has 1 atom stereocenters. The van der Waals surface area contributed by atoms with E-state index in [2.05, 4.69) is 4.98 Å². The number of aromatic amines is 1. The first-order valence-corrected chi connectivity index (χ1v) is 10.4. The Morgan fingerprint density at radius 1 is 1.25 bits per heavy atom. The molecule has 0 radical (unpaired) electrons. The number of amides is 1. The van der Waals surface area contributed by atoms with Crippen LogP contribution < -0.4 is 0 Å². The van der Waals surface area contributed by atoms with Crippen LogP contribution in [-0.2, 0) is 14.3 Å². The normalized spacial score (nSPS) is 18.1. The monoisotopic (exact) mass is 443 g/mol. The van der Waals surface area contributed by atoms with Crippen molar-refractivity contribution < 1.29 is 28.6 Å². The smallest absolute Gasteiger partial charge is 0.354 e. The van der Waals surface area contributed by atoms with Gasteiger partial charge in [0.1, 0.15) is 29.0 Å². The molecule has 172 valence electrons. The molecule has 0 saturated carbocycles. The molecule has 1 amide bonds. The largest absolute Gasteiger partial charge is 0.507 e. The molecule has 1 aliphatic rings. The summed E-state index contributed by atoms with van der Waals surface area (Å²) in [5, 5.41) is 11.3. The molecule has 1 aliphatic heterocycles. The van der Waals surface area contributed by atoms with Crippen LogP contribution in [0.1, 0.15) is 51.3 Å². The number of carbonyl (C=O) groups excluding carboxylic acids is 3. The third kappa shape index (κ3) is 4.08. The zero-order chi connectivity index (χ0) is 23.7. The van der Waals surface area contributed by atoms with Crippen molar-refractivity contribution >= 4 is 23.4 Å². The lowest BCUT2D eigenvalue weighted by Gasteiger charge is -2.24. The molecule has 9 nitrogen and oxygen atoms in total. The van der Waals surface area contributed by atoms with E-state index in [4.69, 9.17) is 9.15 Å². The van der Waals surface area contributed by atoms with E-state index in [0.29, 0.717) is 41.3 Å². The number of aryl methyl sites for hydroxylation is 2. The molecule has 3 rings (SSSR count). The number of Topliss-reactive ketones (excluding diaryl/α,β-unsaturated/α-hetero) is 1. The van der Waals surface area contributed by atoms with Crippen molar-refractivity contribution in [3.05, 3.63) is 51.7 Å². The second-order valence-electron chi connectivity index (χ2n) is 8.21. The van der Waals surface area contributed by atoms with Crippen molar-refractivity contribution in [3.63, 3.8) is 0 Å².